The van der Waals surface area contributed by atoms with Gasteiger partial charge in [0.2, 0.25) is 5.91 Å². The van der Waals surface area contributed by atoms with E-state index in [4.69, 9.17) is 4.74 Å². The lowest BCUT2D eigenvalue weighted by molar-refractivity contribution is -0.117. The summed E-state index contributed by atoms with van der Waals surface area (Å²) in [6, 6.07) is 17.2. The largest absolute Gasteiger partial charge is 0.497 e. The number of nitrogens with one attached hydrogen (secondary N) is 2. The molecule has 2 N–H and O–H groups in total. The minimum absolute atomic E-state index is 0.0621. The van der Waals surface area contributed by atoms with Crippen molar-refractivity contribution < 1.29 is 9.53 Å². The van der Waals surface area contributed by atoms with E-state index in [9.17, 15) is 4.79 Å². The highest BCUT2D eigenvalue weighted by Gasteiger charge is 2.16. The van der Waals surface area contributed by atoms with Gasteiger partial charge in [-0.15, -0.1) is 0 Å². The van der Waals surface area contributed by atoms with Gasteiger partial charge in [0, 0.05) is 11.7 Å². The third-order valence-corrected chi connectivity index (χ3v) is 3.55. The molecule has 0 aliphatic carbocycles. The zero-order valence-corrected chi connectivity index (χ0v) is 13.2. The van der Waals surface area contributed by atoms with Crippen molar-refractivity contribution >= 4 is 11.6 Å². The first-order chi connectivity index (χ1) is 10.6. The summed E-state index contributed by atoms with van der Waals surface area (Å²) in [5, 5.41) is 6.19. The Bertz CT molecular complexity index is 596. The Morgan fingerprint density at radius 2 is 1.64 bits per heavy atom. The van der Waals surface area contributed by atoms with E-state index in [1.807, 2.05) is 68.4 Å². The smallest absolute Gasteiger partial charge is 0.241 e. The molecule has 2 aromatic rings. The highest BCUT2D eigenvalue weighted by atomic mass is 16.5. The molecular formula is C18H22N2O2. The predicted molar refractivity (Wildman–Crippen MR) is 89.1 cm³/mol. The maximum atomic E-state index is 12.2. The van der Waals surface area contributed by atoms with Crippen molar-refractivity contribution in [1.29, 1.82) is 0 Å². The third kappa shape index (κ3) is 4.33. The number of amides is 1. The maximum absolute atomic E-state index is 12.2. The fraction of sp³-hybridized carbons (Fsp3) is 0.278. The molecule has 0 heterocycles. The van der Waals surface area contributed by atoms with Gasteiger partial charge >= 0.3 is 0 Å². The molecule has 0 saturated heterocycles. The lowest BCUT2D eigenvalue weighted by Gasteiger charge is -2.20. The number of rotatable bonds is 6. The van der Waals surface area contributed by atoms with Crippen LogP contribution < -0.4 is 15.4 Å². The molecule has 116 valence electrons. The molecule has 0 radical (unpaired) electrons. The second-order valence-corrected chi connectivity index (χ2v) is 5.24. The van der Waals surface area contributed by atoms with Gasteiger partial charge in [0.25, 0.3) is 0 Å². The molecule has 2 atom stereocenters. The van der Waals surface area contributed by atoms with Gasteiger partial charge < -0.3 is 10.1 Å². The van der Waals surface area contributed by atoms with Crippen LogP contribution in [0.25, 0.3) is 0 Å². The van der Waals surface area contributed by atoms with Gasteiger partial charge in [0.1, 0.15) is 5.75 Å². The van der Waals surface area contributed by atoms with Crippen molar-refractivity contribution in [2.45, 2.75) is 25.9 Å². The number of methoxy groups -OCH3 is 1. The average Bonchev–Trinajstić information content (AvgIpc) is 2.56. The number of carbonyl (C=O) groups is 1. The average molecular weight is 298 g/mol. The molecule has 1 amide bonds. The van der Waals surface area contributed by atoms with Crippen LogP contribution >= 0.6 is 0 Å². The topological polar surface area (TPSA) is 50.4 Å². The zero-order valence-electron chi connectivity index (χ0n) is 13.2. The minimum atomic E-state index is -0.294. The quantitative estimate of drug-likeness (QED) is 0.859. The number of ether oxygens (including phenoxy) is 1. The first-order valence-electron chi connectivity index (χ1n) is 7.36. The summed E-state index contributed by atoms with van der Waals surface area (Å²) in [5.41, 5.74) is 1.92. The first kappa shape index (κ1) is 16.0. The van der Waals surface area contributed by atoms with Gasteiger partial charge in [-0.3, -0.25) is 10.1 Å². The molecule has 4 nitrogen and oxygen atoms in total. The van der Waals surface area contributed by atoms with Crippen LogP contribution in [-0.2, 0) is 4.79 Å². The van der Waals surface area contributed by atoms with Gasteiger partial charge in [-0.25, -0.2) is 0 Å². The Balaban J connectivity index is 1.91. The molecule has 0 unspecified atom stereocenters. The summed E-state index contributed by atoms with van der Waals surface area (Å²) in [5.74, 6) is 0.704. The summed E-state index contributed by atoms with van der Waals surface area (Å²) in [6.07, 6.45) is 0. The molecule has 0 aliphatic heterocycles. The van der Waals surface area contributed by atoms with E-state index < -0.39 is 0 Å². The van der Waals surface area contributed by atoms with Gasteiger partial charge in [-0.2, -0.15) is 0 Å². The molecular weight excluding hydrogens is 276 g/mol. The number of hydrogen-bond donors (Lipinski definition) is 2. The zero-order chi connectivity index (χ0) is 15.9. The molecule has 0 fully saturated rings. The minimum Gasteiger partial charge on any atom is -0.497 e. The van der Waals surface area contributed by atoms with E-state index in [0.29, 0.717) is 0 Å². The monoisotopic (exact) mass is 298 g/mol. The molecule has 0 aliphatic rings. The molecule has 22 heavy (non-hydrogen) atoms. The van der Waals surface area contributed by atoms with Crippen LogP contribution in [0, 0.1) is 0 Å². The molecule has 0 bridgehead atoms. The molecule has 0 spiro atoms. The lowest BCUT2D eigenvalue weighted by Crippen LogP contribution is -2.39. The second-order valence-electron chi connectivity index (χ2n) is 5.24. The number of hydrogen-bond acceptors (Lipinski definition) is 3. The highest BCUT2D eigenvalue weighted by molar-refractivity contribution is 5.94. The van der Waals surface area contributed by atoms with Gasteiger partial charge in [-0.1, -0.05) is 30.3 Å². The van der Waals surface area contributed by atoms with Crippen LogP contribution in [0.4, 0.5) is 5.69 Å². The molecule has 0 aromatic heterocycles. The lowest BCUT2D eigenvalue weighted by atomic mass is 10.1. The van der Waals surface area contributed by atoms with Crippen LogP contribution in [0.15, 0.2) is 54.6 Å². The van der Waals surface area contributed by atoms with Crippen LogP contribution in [0.1, 0.15) is 25.5 Å². The van der Waals surface area contributed by atoms with Gasteiger partial charge in [-0.05, 0) is 43.7 Å². The van der Waals surface area contributed by atoms with E-state index in [2.05, 4.69) is 10.6 Å². The van der Waals surface area contributed by atoms with Crippen molar-refractivity contribution in [3.05, 3.63) is 60.2 Å². The van der Waals surface area contributed by atoms with Crippen molar-refractivity contribution in [1.82, 2.24) is 5.32 Å². The van der Waals surface area contributed by atoms with E-state index in [0.717, 1.165) is 17.0 Å². The van der Waals surface area contributed by atoms with Crippen molar-refractivity contribution in [3.8, 4) is 5.75 Å². The maximum Gasteiger partial charge on any atom is 0.241 e. The summed E-state index contributed by atoms with van der Waals surface area (Å²) in [7, 11) is 1.62. The van der Waals surface area contributed by atoms with Crippen LogP contribution in [0.5, 0.6) is 5.75 Å². The van der Waals surface area contributed by atoms with Crippen LogP contribution in [-0.4, -0.2) is 19.1 Å². The van der Waals surface area contributed by atoms with Gasteiger partial charge in [0.15, 0.2) is 0 Å². The Labute approximate surface area is 131 Å². The van der Waals surface area contributed by atoms with Crippen LogP contribution in [0.3, 0.4) is 0 Å². The molecule has 2 aromatic carbocycles. The summed E-state index contributed by atoms with van der Waals surface area (Å²) in [6.45, 7) is 3.91. The second kappa shape index (κ2) is 7.61. The van der Waals surface area contributed by atoms with Crippen molar-refractivity contribution in [3.63, 3.8) is 0 Å². The number of carbonyl (C=O) groups excluding carboxylic acids is 1. The normalized spacial score (nSPS) is 13.2. The summed E-state index contributed by atoms with van der Waals surface area (Å²) in [4.78, 5) is 12.2. The Morgan fingerprint density at radius 3 is 2.23 bits per heavy atom. The number of anilines is 1. The molecule has 2 rings (SSSR count). The third-order valence-electron chi connectivity index (χ3n) is 3.55. The van der Waals surface area contributed by atoms with E-state index in [1.54, 1.807) is 7.11 Å². The van der Waals surface area contributed by atoms with Crippen molar-refractivity contribution in [2.24, 2.45) is 0 Å². The Morgan fingerprint density at radius 1 is 1.00 bits per heavy atom. The first-order valence-corrected chi connectivity index (χ1v) is 7.36. The fourth-order valence-corrected chi connectivity index (χ4v) is 2.21. The van der Waals surface area contributed by atoms with Crippen LogP contribution in [0.2, 0.25) is 0 Å². The van der Waals surface area contributed by atoms with E-state index in [1.165, 1.54) is 0 Å². The summed E-state index contributed by atoms with van der Waals surface area (Å²) < 4.78 is 5.10. The van der Waals surface area contributed by atoms with Gasteiger partial charge in [0.05, 0.1) is 13.2 Å². The Kier molecular flexibility index (Phi) is 5.55. The van der Waals surface area contributed by atoms with E-state index >= 15 is 0 Å². The summed E-state index contributed by atoms with van der Waals surface area (Å²) >= 11 is 0. The molecule has 4 heteroatoms. The molecule has 0 saturated carbocycles. The highest BCUT2D eigenvalue weighted by Crippen LogP contribution is 2.16. The standard InChI is InChI=1S/C18H22N2O2/c1-13(15-7-5-4-6-8-15)19-14(2)18(21)20-16-9-11-17(22-3)12-10-16/h4-14,19H,1-3H3,(H,20,21)/t13-,14-/m1/s1. The SMILES string of the molecule is COc1ccc(NC(=O)[C@@H](C)N[C@H](C)c2ccccc2)cc1. The number of benzene rings is 2. The fourth-order valence-electron chi connectivity index (χ4n) is 2.21. The predicted octanol–water partition coefficient (Wildman–Crippen LogP) is 3.37. The van der Waals surface area contributed by atoms with E-state index in [-0.39, 0.29) is 18.0 Å². The Hall–Kier alpha value is -2.33. The van der Waals surface area contributed by atoms with Crippen molar-refractivity contribution in [2.75, 3.05) is 12.4 Å².